The third kappa shape index (κ3) is 4.86. The predicted octanol–water partition coefficient (Wildman–Crippen LogP) is 3.16. The zero-order chi connectivity index (χ0) is 19.6. The second-order valence-corrected chi connectivity index (χ2v) is 9.99. The summed E-state index contributed by atoms with van der Waals surface area (Å²) in [6.45, 7) is 8.30. The van der Waals surface area contributed by atoms with Crippen LogP contribution in [0.3, 0.4) is 0 Å². The second kappa shape index (κ2) is 9.54. The minimum atomic E-state index is -3.53. The molecule has 1 fully saturated rings. The molecule has 0 bridgehead atoms. The lowest BCUT2D eigenvalue weighted by Gasteiger charge is -2.22. The molecular weight excluding hydrogens is 418 g/mol. The number of halogens is 1. The standard InChI is InChI=1S/C19H27N3O3S2.ClH/c1-4-14-11-16(13(3)21-19(14)23)17-8-9-18(26-17)27(24,25)20-12-15-7-6-10-22(15)5-2;/h8-9,11,15,20H,4-7,10,12H2,1-3H3,(H,21,23);1H. The van der Waals surface area contributed by atoms with Crippen LogP contribution in [0, 0.1) is 6.92 Å². The Hall–Kier alpha value is -1.19. The van der Waals surface area contributed by atoms with Crippen molar-refractivity contribution in [2.24, 2.45) is 0 Å². The summed E-state index contributed by atoms with van der Waals surface area (Å²) in [4.78, 5) is 17.9. The van der Waals surface area contributed by atoms with Gasteiger partial charge in [0.05, 0.1) is 0 Å². The fourth-order valence-corrected chi connectivity index (χ4v) is 6.11. The Bertz CT molecular complexity index is 969. The molecule has 9 heteroatoms. The van der Waals surface area contributed by atoms with E-state index >= 15 is 0 Å². The van der Waals surface area contributed by atoms with E-state index in [-0.39, 0.29) is 24.0 Å². The lowest BCUT2D eigenvalue weighted by molar-refractivity contribution is 0.268. The van der Waals surface area contributed by atoms with Gasteiger partial charge in [0.25, 0.3) is 5.56 Å². The molecular formula is C19H28ClN3O3S2. The van der Waals surface area contributed by atoms with Gasteiger partial charge in [-0.25, -0.2) is 13.1 Å². The monoisotopic (exact) mass is 445 g/mol. The number of nitrogens with one attached hydrogen (secondary N) is 2. The minimum absolute atomic E-state index is 0. The molecule has 0 saturated carbocycles. The third-order valence-corrected chi connectivity index (χ3v) is 8.26. The van der Waals surface area contributed by atoms with Crippen molar-refractivity contribution in [2.45, 2.75) is 50.3 Å². The number of hydrogen-bond acceptors (Lipinski definition) is 5. The van der Waals surface area contributed by atoms with Crippen molar-refractivity contribution in [1.29, 1.82) is 0 Å². The van der Waals surface area contributed by atoms with Gasteiger partial charge in [0.15, 0.2) is 0 Å². The Morgan fingerprint density at radius 1 is 1.32 bits per heavy atom. The SMILES string of the molecule is CCc1cc(-c2ccc(S(=O)(=O)NCC3CCCN3CC)s2)c(C)[nH]c1=O.Cl. The molecule has 1 saturated heterocycles. The van der Waals surface area contributed by atoms with Crippen LogP contribution in [0.1, 0.15) is 37.9 Å². The van der Waals surface area contributed by atoms with Crippen LogP contribution in [-0.4, -0.2) is 44.0 Å². The van der Waals surface area contributed by atoms with E-state index < -0.39 is 10.0 Å². The van der Waals surface area contributed by atoms with E-state index in [9.17, 15) is 13.2 Å². The molecule has 0 radical (unpaired) electrons. The molecule has 2 aromatic heterocycles. The van der Waals surface area contributed by atoms with Crippen LogP contribution in [0.25, 0.3) is 10.4 Å². The number of aromatic nitrogens is 1. The molecule has 2 aromatic rings. The van der Waals surface area contributed by atoms with Crippen LogP contribution in [-0.2, 0) is 16.4 Å². The van der Waals surface area contributed by atoms with Crippen LogP contribution in [0.5, 0.6) is 0 Å². The summed E-state index contributed by atoms with van der Waals surface area (Å²) in [5, 5.41) is 0. The van der Waals surface area contributed by atoms with Gasteiger partial charge in [0.2, 0.25) is 10.0 Å². The molecule has 1 atom stereocenters. The van der Waals surface area contributed by atoms with Gasteiger partial charge in [-0.1, -0.05) is 13.8 Å². The van der Waals surface area contributed by atoms with Crippen LogP contribution >= 0.6 is 23.7 Å². The van der Waals surface area contributed by atoms with E-state index in [4.69, 9.17) is 0 Å². The van der Waals surface area contributed by atoms with Crippen LogP contribution in [0.15, 0.2) is 27.2 Å². The number of H-pyrrole nitrogens is 1. The van der Waals surface area contributed by atoms with Crippen molar-refractivity contribution in [3.05, 3.63) is 39.8 Å². The zero-order valence-corrected chi connectivity index (χ0v) is 18.9. The number of likely N-dealkylation sites (tertiary alicyclic amines) is 1. The zero-order valence-electron chi connectivity index (χ0n) is 16.4. The lowest BCUT2D eigenvalue weighted by atomic mass is 10.1. The highest BCUT2D eigenvalue weighted by Crippen LogP contribution is 2.32. The van der Waals surface area contributed by atoms with Crippen molar-refractivity contribution in [3.8, 4) is 10.4 Å². The number of aromatic amines is 1. The Morgan fingerprint density at radius 3 is 2.75 bits per heavy atom. The van der Waals surface area contributed by atoms with E-state index in [0.29, 0.717) is 22.7 Å². The van der Waals surface area contributed by atoms with Crippen molar-refractivity contribution in [3.63, 3.8) is 0 Å². The quantitative estimate of drug-likeness (QED) is 0.685. The molecule has 3 heterocycles. The molecule has 156 valence electrons. The summed E-state index contributed by atoms with van der Waals surface area (Å²) in [5.41, 5.74) is 2.25. The molecule has 0 spiro atoms. The van der Waals surface area contributed by atoms with Gasteiger partial charge in [-0.2, -0.15) is 0 Å². The number of thiophene rings is 1. The van der Waals surface area contributed by atoms with E-state index in [0.717, 1.165) is 42.1 Å². The van der Waals surface area contributed by atoms with E-state index in [1.165, 1.54) is 11.3 Å². The summed E-state index contributed by atoms with van der Waals surface area (Å²) < 4.78 is 28.5. The topological polar surface area (TPSA) is 82.3 Å². The number of pyridine rings is 1. The Balaban J connectivity index is 0.00000280. The lowest BCUT2D eigenvalue weighted by Crippen LogP contribution is -2.39. The summed E-state index contributed by atoms with van der Waals surface area (Å²) >= 11 is 1.24. The van der Waals surface area contributed by atoms with Crippen LogP contribution in [0.2, 0.25) is 0 Å². The third-order valence-electron chi connectivity index (χ3n) is 5.22. The Morgan fingerprint density at radius 2 is 2.07 bits per heavy atom. The highest BCUT2D eigenvalue weighted by Gasteiger charge is 2.26. The van der Waals surface area contributed by atoms with Gasteiger partial charge < -0.3 is 4.98 Å². The van der Waals surface area contributed by atoms with Crippen molar-refractivity contribution in [1.82, 2.24) is 14.6 Å². The molecule has 28 heavy (non-hydrogen) atoms. The first-order valence-corrected chi connectivity index (χ1v) is 11.7. The van der Waals surface area contributed by atoms with Gasteiger partial charge in [0, 0.05) is 34.3 Å². The molecule has 2 N–H and O–H groups in total. The van der Waals surface area contributed by atoms with E-state index in [1.54, 1.807) is 6.07 Å². The summed E-state index contributed by atoms with van der Waals surface area (Å²) in [6.07, 6.45) is 2.78. The smallest absolute Gasteiger partial charge is 0.251 e. The second-order valence-electron chi connectivity index (χ2n) is 6.91. The molecule has 0 amide bonds. The largest absolute Gasteiger partial charge is 0.326 e. The highest BCUT2D eigenvalue weighted by atomic mass is 35.5. The number of aryl methyl sites for hydroxylation is 2. The van der Waals surface area contributed by atoms with Crippen molar-refractivity contribution < 1.29 is 8.42 Å². The minimum Gasteiger partial charge on any atom is -0.326 e. The molecule has 1 aliphatic rings. The van der Waals surface area contributed by atoms with Gasteiger partial charge >= 0.3 is 0 Å². The van der Waals surface area contributed by atoms with Gasteiger partial charge in [0.1, 0.15) is 4.21 Å². The number of nitrogens with zero attached hydrogens (tertiary/aromatic N) is 1. The normalized spacial score (nSPS) is 17.6. The van der Waals surface area contributed by atoms with Gasteiger partial charge in [-0.15, -0.1) is 23.7 Å². The predicted molar refractivity (Wildman–Crippen MR) is 117 cm³/mol. The summed E-state index contributed by atoms with van der Waals surface area (Å²) in [6, 6.07) is 5.59. The maximum Gasteiger partial charge on any atom is 0.251 e. The average Bonchev–Trinajstić information content (AvgIpc) is 3.29. The maximum absolute atomic E-state index is 12.7. The van der Waals surface area contributed by atoms with Crippen molar-refractivity contribution in [2.75, 3.05) is 19.6 Å². The fourth-order valence-electron chi connectivity index (χ4n) is 3.61. The maximum atomic E-state index is 12.7. The Kier molecular flexibility index (Phi) is 7.87. The molecule has 0 aromatic carbocycles. The average molecular weight is 446 g/mol. The highest BCUT2D eigenvalue weighted by molar-refractivity contribution is 7.91. The molecule has 1 unspecified atom stereocenters. The van der Waals surface area contributed by atoms with E-state index in [2.05, 4.69) is 21.5 Å². The van der Waals surface area contributed by atoms with Gasteiger partial charge in [-0.3, -0.25) is 9.69 Å². The first-order valence-electron chi connectivity index (χ1n) is 9.42. The van der Waals surface area contributed by atoms with Gasteiger partial charge in [-0.05, 0) is 57.5 Å². The molecule has 1 aliphatic heterocycles. The van der Waals surface area contributed by atoms with Crippen LogP contribution in [0.4, 0.5) is 0 Å². The molecule has 0 aliphatic carbocycles. The summed E-state index contributed by atoms with van der Waals surface area (Å²) in [7, 11) is -3.53. The molecule has 3 rings (SSSR count). The first kappa shape index (κ1) is 23.1. The number of rotatable bonds is 7. The fraction of sp³-hybridized carbons (Fsp3) is 0.526. The van der Waals surface area contributed by atoms with Crippen LogP contribution < -0.4 is 10.3 Å². The van der Waals surface area contributed by atoms with E-state index in [1.807, 2.05) is 26.0 Å². The first-order chi connectivity index (χ1) is 12.9. The molecule has 6 nitrogen and oxygen atoms in total. The van der Waals surface area contributed by atoms with Crippen molar-refractivity contribution >= 4 is 33.8 Å². The number of likely N-dealkylation sites (N-methyl/N-ethyl adjacent to an activating group) is 1. The number of hydrogen-bond donors (Lipinski definition) is 2. The Labute approximate surface area is 176 Å². The number of sulfonamides is 1. The summed E-state index contributed by atoms with van der Waals surface area (Å²) in [5.74, 6) is 0.